The molecule has 0 aliphatic rings. The Labute approximate surface area is 78.5 Å². The third-order valence-corrected chi connectivity index (χ3v) is 2.00. The normalized spacial score (nSPS) is 11.7. The molecule has 1 aromatic heterocycles. The molecule has 0 aromatic carbocycles. The minimum atomic E-state index is 0.373. The van der Waals surface area contributed by atoms with Crippen molar-refractivity contribution in [3.05, 3.63) is 21.9 Å². The molecule has 5 heteroatoms. The van der Waals surface area contributed by atoms with Crippen LogP contribution in [0, 0.1) is 6.92 Å². The molecule has 4 nitrogen and oxygen atoms in total. The van der Waals surface area contributed by atoms with E-state index in [4.69, 9.17) is 11.1 Å². The summed E-state index contributed by atoms with van der Waals surface area (Å²) in [6.07, 6.45) is 1.16. The molecule has 1 aromatic rings. The molecule has 0 saturated heterocycles. The van der Waals surface area contributed by atoms with E-state index < -0.39 is 0 Å². The van der Waals surface area contributed by atoms with Crippen molar-refractivity contribution in [2.75, 3.05) is 0 Å². The lowest BCUT2D eigenvalue weighted by atomic mass is 10.4. The lowest BCUT2D eigenvalue weighted by Crippen LogP contribution is -2.30. The van der Waals surface area contributed by atoms with Gasteiger partial charge in [-0.25, -0.2) is 0 Å². The van der Waals surface area contributed by atoms with Gasteiger partial charge in [0, 0.05) is 10.2 Å². The quantitative estimate of drug-likeness (QED) is 0.468. The summed E-state index contributed by atoms with van der Waals surface area (Å²) in [6.45, 7) is 1.94. The standard InChI is InChI=1S/C7H9BrN4/c1-4-2-5(8)6(12-4)7(10)11-3-9/h2-3,12H,1H3,(H3,9,10,11)/p+1. The summed E-state index contributed by atoms with van der Waals surface area (Å²) in [6, 6.07) is 1.92. The maximum absolute atomic E-state index is 5.60. The third kappa shape index (κ3) is 1.73. The monoisotopic (exact) mass is 229 g/mol. The van der Waals surface area contributed by atoms with Gasteiger partial charge in [0.15, 0.2) is 0 Å². The van der Waals surface area contributed by atoms with E-state index >= 15 is 0 Å². The molecule has 1 heterocycles. The molecule has 0 spiro atoms. The van der Waals surface area contributed by atoms with Crippen molar-refractivity contribution in [1.29, 1.82) is 0 Å². The van der Waals surface area contributed by atoms with Gasteiger partial charge >= 0.3 is 0 Å². The van der Waals surface area contributed by atoms with Gasteiger partial charge in [0.1, 0.15) is 5.69 Å². The maximum atomic E-state index is 5.60. The molecule has 5 N–H and O–H groups in total. The molecular formula is C7H10BrN4+. The Morgan fingerprint density at radius 1 is 1.83 bits per heavy atom. The van der Waals surface area contributed by atoms with Gasteiger partial charge in [-0.1, -0.05) is 0 Å². The van der Waals surface area contributed by atoms with E-state index in [9.17, 15) is 0 Å². The summed E-state index contributed by atoms with van der Waals surface area (Å²) < 4.78 is 0.892. The zero-order chi connectivity index (χ0) is 9.14. The van der Waals surface area contributed by atoms with Gasteiger partial charge in [0.2, 0.25) is 0 Å². The van der Waals surface area contributed by atoms with Crippen LogP contribution in [0.5, 0.6) is 0 Å². The minimum absolute atomic E-state index is 0.373. The van der Waals surface area contributed by atoms with Gasteiger partial charge in [-0.3, -0.25) is 5.41 Å². The highest BCUT2D eigenvalue weighted by Crippen LogP contribution is 2.16. The molecule has 0 bridgehead atoms. The summed E-state index contributed by atoms with van der Waals surface area (Å²) in [4.78, 5) is 6.81. The number of amidine groups is 1. The fourth-order valence-corrected chi connectivity index (χ4v) is 1.53. The van der Waals surface area contributed by atoms with E-state index in [0.717, 1.165) is 22.2 Å². The Morgan fingerprint density at radius 3 is 2.92 bits per heavy atom. The van der Waals surface area contributed by atoms with Crippen LogP contribution >= 0.6 is 15.9 Å². The Kier molecular flexibility index (Phi) is 2.65. The number of halogens is 1. The van der Waals surface area contributed by atoms with Crippen LogP contribution in [0.2, 0.25) is 0 Å². The second-order valence-electron chi connectivity index (χ2n) is 2.34. The molecule has 0 atom stereocenters. The van der Waals surface area contributed by atoms with E-state index in [1.54, 1.807) is 0 Å². The van der Waals surface area contributed by atoms with E-state index in [-0.39, 0.29) is 0 Å². The highest BCUT2D eigenvalue weighted by atomic mass is 79.9. The zero-order valence-corrected chi connectivity index (χ0v) is 8.22. The van der Waals surface area contributed by atoms with Gasteiger partial charge in [0.25, 0.3) is 12.2 Å². The van der Waals surface area contributed by atoms with Crippen LogP contribution in [0.25, 0.3) is 0 Å². The number of nitrogens with one attached hydrogen (secondary N) is 1. The molecule has 0 unspecified atom stereocenters. The van der Waals surface area contributed by atoms with Gasteiger partial charge in [-0.2, -0.15) is 0 Å². The minimum Gasteiger partial charge on any atom is -0.361 e. The fraction of sp³-hybridized carbons (Fsp3) is 0.143. The second-order valence-corrected chi connectivity index (χ2v) is 3.19. The van der Waals surface area contributed by atoms with Crippen LogP contribution in [0.4, 0.5) is 0 Å². The second kappa shape index (κ2) is 3.53. The van der Waals surface area contributed by atoms with Crippen LogP contribution in [0.3, 0.4) is 0 Å². The molecular weight excluding hydrogens is 220 g/mol. The van der Waals surface area contributed by atoms with Gasteiger partial charge in [0.05, 0.1) is 0 Å². The molecule has 0 aliphatic carbocycles. The predicted octanol–water partition coefficient (Wildman–Crippen LogP) is -0.422. The highest BCUT2D eigenvalue weighted by molar-refractivity contribution is 9.10. The summed E-state index contributed by atoms with van der Waals surface area (Å²) >= 11 is 3.34. The number of hydrogen-bond donors (Lipinski definition) is 3. The van der Waals surface area contributed by atoms with Crippen LogP contribution in [-0.2, 0) is 0 Å². The summed E-state index contributed by atoms with van der Waals surface area (Å²) in [5.74, 6) is 0.373. The van der Waals surface area contributed by atoms with E-state index in [1.165, 1.54) is 0 Å². The Bertz CT molecular complexity index is 326. The largest absolute Gasteiger partial charge is 0.361 e. The van der Waals surface area contributed by atoms with Crippen LogP contribution in [0.1, 0.15) is 11.4 Å². The Hall–Kier alpha value is -1.10. The number of H-pyrrole nitrogens is 1. The van der Waals surface area contributed by atoms with Crippen LogP contribution in [-0.4, -0.2) is 17.2 Å². The first kappa shape index (κ1) is 8.99. The van der Waals surface area contributed by atoms with Crippen molar-refractivity contribution >= 4 is 28.1 Å². The highest BCUT2D eigenvalue weighted by Gasteiger charge is 2.10. The Balaban J connectivity index is 3.10. The van der Waals surface area contributed by atoms with E-state index in [1.807, 2.05) is 13.0 Å². The summed E-state index contributed by atoms with van der Waals surface area (Å²) in [7, 11) is 0. The smallest absolute Gasteiger partial charge is 0.280 e. The number of hydrogen-bond acceptors (Lipinski definition) is 0. The first-order valence-corrected chi connectivity index (χ1v) is 4.16. The van der Waals surface area contributed by atoms with Crippen LogP contribution < -0.4 is 11.1 Å². The van der Waals surface area contributed by atoms with E-state index in [0.29, 0.717) is 5.84 Å². The van der Waals surface area contributed by atoms with Gasteiger partial charge < -0.3 is 10.7 Å². The molecule has 0 aliphatic heterocycles. The number of nitrogens with two attached hydrogens (primary N) is 2. The molecule has 64 valence electrons. The topological polar surface area (TPSA) is 79.8 Å². The summed E-state index contributed by atoms with van der Waals surface area (Å²) in [5.41, 5.74) is 7.38. The number of aliphatic imine (C=N–C) groups is 1. The first-order valence-electron chi connectivity index (χ1n) is 3.37. The third-order valence-electron chi connectivity index (χ3n) is 1.37. The number of nitrogens with zero attached hydrogens (tertiary/aromatic N) is 1. The zero-order valence-electron chi connectivity index (χ0n) is 6.63. The van der Waals surface area contributed by atoms with Crippen molar-refractivity contribution in [2.24, 2.45) is 10.7 Å². The first-order chi connectivity index (χ1) is 5.65. The molecule has 0 fully saturated rings. The average molecular weight is 230 g/mol. The predicted molar refractivity (Wildman–Crippen MR) is 51.9 cm³/mol. The molecule has 0 amide bonds. The number of aryl methyl sites for hydroxylation is 1. The van der Waals surface area contributed by atoms with Gasteiger partial charge in [-0.05, 0) is 33.9 Å². The molecule has 1 rings (SSSR count). The number of rotatable bonds is 2. The lowest BCUT2D eigenvalue weighted by molar-refractivity contribution is -0.106. The molecule has 0 saturated carbocycles. The lowest BCUT2D eigenvalue weighted by Gasteiger charge is -1.89. The fourth-order valence-electron chi connectivity index (χ4n) is 0.886. The van der Waals surface area contributed by atoms with Crippen LogP contribution in [0.15, 0.2) is 15.5 Å². The van der Waals surface area contributed by atoms with Crippen molar-refractivity contribution in [3.63, 3.8) is 0 Å². The Morgan fingerprint density at radius 2 is 2.50 bits per heavy atom. The van der Waals surface area contributed by atoms with Crippen molar-refractivity contribution in [1.82, 2.24) is 4.98 Å². The number of aromatic amines is 1. The van der Waals surface area contributed by atoms with Crippen molar-refractivity contribution in [3.8, 4) is 0 Å². The van der Waals surface area contributed by atoms with Crippen molar-refractivity contribution < 1.29 is 5.41 Å². The van der Waals surface area contributed by atoms with Gasteiger partial charge in [-0.15, -0.1) is 0 Å². The maximum Gasteiger partial charge on any atom is 0.280 e. The van der Waals surface area contributed by atoms with E-state index in [2.05, 4.69) is 25.9 Å². The molecule has 0 radical (unpaired) electrons. The molecule has 12 heavy (non-hydrogen) atoms. The van der Waals surface area contributed by atoms with Crippen molar-refractivity contribution in [2.45, 2.75) is 6.92 Å². The average Bonchev–Trinajstić information content (AvgIpc) is 2.30. The SMILES string of the molecule is Cc1cc(Br)c(C(N)=NC=[NH2+])[nH]1. The number of aromatic nitrogens is 1. The summed E-state index contributed by atoms with van der Waals surface area (Å²) in [5, 5.41) is 5.10.